The van der Waals surface area contributed by atoms with E-state index in [-0.39, 0.29) is 0 Å². The lowest BCUT2D eigenvalue weighted by Gasteiger charge is -2.03. The van der Waals surface area contributed by atoms with Crippen molar-refractivity contribution in [2.45, 2.75) is 20.0 Å². The SMILES string of the molecule is CNCc1cnn(CCSC)c1C. The Labute approximate surface area is 83.9 Å². The fourth-order valence-corrected chi connectivity index (χ4v) is 1.61. The molecule has 1 rings (SSSR count). The molecule has 0 amide bonds. The first-order valence-corrected chi connectivity index (χ1v) is 5.83. The maximum Gasteiger partial charge on any atom is 0.0537 e. The zero-order chi connectivity index (χ0) is 9.68. The first kappa shape index (κ1) is 10.6. The third-order valence-electron chi connectivity index (χ3n) is 2.08. The summed E-state index contributed by atoms with van der Waals surface area (Å²) in [6.45, 7) is 4.04. The minimum atomic E-state index is 0.908. The Morgan fingerprint density at radius 3 is 3.00 bits per heavy atom. The lowest BCUT2D eigenvalue weighted by atomic mass is 10.2. The summed E-state index contributed by atoms with van der Waals surface area (Å²) in [6.07, 6.45) is 4.07. The monoisotopic (exact) mass is 199 g/mol. The molecular weight excluding hydrogens is 182 g/mol. The van der Waals surface area contributed by atoms with Crippen LogP contribution in [0.5, 0.6) is 0 Å². The highest BCUT2D eigenvalue weighted by molar-refractivity contribution is 7.98. The van der Waals surface area contributed by atoms with Crippen molar-refractivity contribution < 1.29 is 0 Å². The van der Waals surface area contributed by atoms with Crippen molar-refractivity contribution in [3.63, 3.8) is 0 Å². The second kappa shape index (κ2) is 5.29. The average Bonchev–Trinajstić information content (AvgIpc) is 2.46. The highest BCUT2D eigenvalue weighted by Gasteiger charge is 2.03. The van der Waals surface area contributed by atoms with Crippen molar-refractivity contribution in [1.82, 2.24) is 15.1 Å². The summed E-state index contributed by atoms with van der Waals surface area (Å²) in [5.74, 6) is 1.13. The third-order valence-corrected chi connectivity index (χ3v) is 2.67. The van der Waals surface area contributed by atoms with Crippen molar-refractivity contribution in [2.24, 2.45) is 0 Å². The van der Waals surface area contributed by atoms with E-state index in [9.17, 15) is 0 Å². The molecule has 0 aliphatic carbocycles. The van der Waals surface area contributed by atoms with E-state index in [0.29, 0.717) is 0 Å². The van der Waals surface area contributed by atoms with E-state index in [0.717, 1.165) is 18.8 Å². The largest absolute Gasteiger partial charge is 0.316 e. The first-order chi connectivity index (χ1) is 6.29. The van der Waals surface area contributed by atoms with E-state index in [4.69, 9.17) is 0 Å². The Morgan fingerprint density at radius 2 is 2.38 bits per heavy atom. The molecular formula is C9H17N3S. The predicted octanol–water partition coefficient (Wildman–Crippen LogP) is 1.27. The fraction of sp³-hybridized carbons (Fsp3) is 0.667. The van der Waals surface area contributed by atoms with Gasteiger partial charge in [-0.25, -0.2) is 0 Å². The van der Waals surface area contributed by atoms with Gasteiger partial charge in [0.1, 0.15) is 0 Å². The molecule has 0 saturated carbocycles. The number of rotatable bonds is 5. The molecule has 0 unspecified atom stereocenters. The molecule has 0 aliphatic rings. The van der Waals surface area contributed by atoms with Gasteiger partial charge in [-0.15, -0.1) is 0 Å². The Bertz CT molecular complexity index is 257. The first-order valence-electron chi connectivity index (χ1n) is 4.44. The van der Waals surface area contributed by atoms with Gasteiger partial charge in [-0.05, 0) is 20.2 Å². The van der Waals surface area contributed by atoms with E-state index in [1.54, 1.807) is 0 Å². The van der Waals surface area contributed by atoms with Gasteiger partial charge in [0.25, 0.3) is 0 Å². The molecule has 3 nitrogen and oxygen atoms in total. The molecule has 0 saturated heterocycles. The molecule has 4 heteroatoms. The summed E-state index contributed by atoms with van der Waals surface area (Å²) in [7, 11) is 1.96. The molecule has 74 valence electrons. The van der Waals surface area contributed by atoms with Gasteiger partial charge < -0.3 is 5.32 Å². The van der Waals surface area contributed by atoms with Crippen molar-refractivity contribution in [3.8, 4) is 0 Å². The van der Waals surface area contributed by atoms with E-state index in [1.165, 1.54) is 11.3 Å². The molecule has 0 aliphatic heterocycles. The topological polar surface area (TPSA) is 29.9 Å². The van der Waals surface area contributed by atoms with E-state index in [2.05, 4.69) is 28.3 Å². The number of aryl methyl sites for hydroxylation is 1. The van der Waals surface area contributed by atoms with Gasteiger partial charge in [0.15, 0.2) is 0 Å². The Hall–Kier alpha value is -0.480. The second-order valence-electron chi connectivity index (χ2n) is 3.00. The molecule has 1 heterocycles. The molecule has 13 heavy (non-hydrogen) atoms. The normalized spacial score (nSPS) is 10.7. The van der Waals surface area contributed by atoms with Gasteiger partial charge in [0.2, 0.25) is 0 Å². The minimum absolute atomic E-state index is 0.908. The highest BCUT2D eigenvalue weighted by Crippen LogP contribution is 2.07. The summed E-state index contributed by atoms with van der Waals surface area (Å²) in [6, 6.07) is 0. The number of nitrogens with one attached hydrogen (secondary N) is 1. The average molecular weight is 199 g/mol. The predicted molar refractivity (Wildman–Crippen MR) is 58.1 cm³/mol. The van der Waals surface area contributed by atoms with Crippen LogP contribution in [0.2, 0.25) is 0 Å². The summed E-state index contributed by atoms with van der Waals surface area (Å²) < 4.78 is 2.07. The van der Waals surface area contributed by atoms with E-state index >= 15 is 0 Å². The fourth-order valence-electron chi connectivity index (χ4n) is 1.25. The summed E-state index contributed by atoms with van der Waals surface area (Å²) in [4.78, 5) is 0. The van der Waals surface area contributed by atoms with E-state index < -0.39 is 0 Å². The second-order valence-corrected chi connectivity index (χ2v) is 3.99. The van der Waals surface area contributed by atoms with Gasteiger partial charge in [0, 0.05) is 23.6 Å². The van der Waals surface area contributed by atoms with Crippen molar-refractivity contribution in [1.29, 1.82) is 0 Å². The van der Waals surface area contributed by atoms with Crippen LogP contribution in [0.15, 0.2) is 6.20 Å². The molecule has 0 bridgehead atoms. The standard InChI is InChI=1S/C9H17N3S/c1-8-9(6-10-2)7-11-12(8)4-5-13-3/h7,10H,4-6H2,1-3H3. The third kappa shape index (κ3) is 2.74. The zero-order valence-electron chi connectivity index (χ0n) is 8.50. The van der Waals surface area contributed by atoms with Gasteiger partial charge >= 0.3 is 0 Å². The molecule has 0 aromatic carbocycles. The molecule has 0 spiro atoms. The van der Waals surface area contributed by atoms with Crippen LogP contribution in [-0.2, 0) is 13.1 Å². The van der Waals surface area contributed by atoms with Crippen LogP contribution in [0.1, 0.15) is 11.3 Å². The van der Waals surface area contributed by atoms with Crippen molar-refractivity contribution in [3.05, 3.63) is 17.5 Å². The van der Waals surface area contributed by atoms with Crippen LogP contribution in [0.25, 0.3) is 0 Å². The minimum Gasteiger partial charge on any atom is -0.316 e. The molecule has 1 aromatic heterocycles. The maximum absolute atomic E-state index is 4.34. The van der Waals surface area contributed by atoms with E-state index in [1.807, 2.05) is 25.0 Å². The van der Waals surface area contributed by atoms with Gasteiger partial charge in [-0.1, -0.05) is 0 Å². The number of nitrogens with zero attached hydrogens (tertiary/aromatic N) is 2. The number of hydrogen-bond acceptors (Lipinski definition) is 3. The van der Waals surface area contributed by atoms with Gasteiger partial charge in [-0.3, -0.25) is 4.68 Å². The molecule has 0 atom stereocenters. The zero-order valence-corrected chi connectivity index (χ0v) is 9.32. The van der Waals surface area contributed by atoms with Crippen molar-refractivity contribution in [2.75, 3.05) is 19.1 Å². The number of hydrogen-bond donors (Lipinski definition) is 1. The van der Waals surface area contributed by atoms with Crippen LogP contribution >= 0.6 is 11.8 Å². The lowest BCUT2D eigenvalue weighted by molar-refractivity contribution is 0.643. The van der Waals surface area contributed by atoms with Crippen LogP contribution in [0, 0.1) is 6.92 Å². The molecule has 0 fully saturated rings. The van der Waals surface area contributed by atoms with Crippen LogP contribution in [0.3, 0.4) is 0 Å². The van der Waals surface area contributed by atoms with Crippen LogP contribution in [-0.4, -0.2) is 28.8 Å². The highest BCUT2D eigenvalue weighted by atomic mass is 32.2. The molecule has 0 radical (unpaired) electrons. The molecule has 1 N–H and O–H groups in total. The van der Waals surface area contributed by atoms with Crippen LogP contribution in [0.4, 0.5) is 0 Å². The number of aromatic nitrogens is 2. The van der Waals surface area contributed by atoms with Crippen molar-refractivity contribution >= 4 is 11.8 Å². The smallest absolute Gasteiger partial charge is 0.0537 e. The summed E-state index contributed by atoms with van der Waals surface area (Å²) in [5.41, 5.74) is 2.58. The number of thioether (sulfide) groups is 1. The van der Waals surface area contributed by atoms with Gasteiger partial charge in [-0.2, -0.15) is 16.9 Å². The summed E-state index contributed by atoms with van der Waals surface area (Å²) >= 11 is 1.85. The van der Waals surface area contributed by atoms with Gasteiger partial charge in [0.05, 0.1) is 12.7 Å². The Balaban J connectivity index is 2.62. The Kier molecular flexibility index (Phi) is 4.32. The Morgan fingerprint density at radius 1 is 1.62 bits per heavy atom. The van der Waals surface area contributed by atoms with Crippen LogP contribution < -0.4 is 5.32 Å². The quantitative estimate of drug-likeness (QED) is 0.774. The maximum atomic E-state index is 4.34. The molecule has 1 aromatic rings. The lowest BCUT2D eigenvalue weighted by Crippen LogP contribution is -2.08. The summed E-state index contributed by atoms with van der Waals surface area (Å²) in [5, 5.41) is 7.47.